The maximum atomic E-state index is 12.7. The van der Waals surface area contributed by atoms with Gasteiger partial charge in [0, 0.05) is 26.8 Å². The van der Waals surface area contributed by atoms with E-state index in [4.69, 9.17) is 15.7 Å². The molecule has 1 heterocycles. The minimum atomic E-state index is -0.908. The lowest BCUT2D eigenvalue weighted by Crippen LogP contribution is -2.53. The molecule has 1 amide bonds. The van der Waals surface area contributed by atoms with Gasteiger partial charge >= 0.3 is 0 Å². The number of rotatable bonds is 5. The van der Waals surface area contributed by atoms with Gasteiger partial charge in [-0.15, -0.1) is 0 Å². The van der Waals surface area contributed by atoms with Crippen molar-refractivity contribution in [2.45, 2.75) is 33.1 Å². The standard InChI is InChI=1S/C13H25N3O3/c1-4-10(2)9-16(3)12(17)13(11(14)15-18)5-7-19-8-6-13/h10,18H,4-9H2,1-3H3,(H2,14,15). The molecule has 1 rings (SSSR count). The molecule has 1 fully saturated rings. The number of carbonyl (C=O) groups excluding carboxylic acids is 1. The van der Waals surface area contributed by atoms with Gasteiger partial charge in [-0.25, -0.2) is 0 Å². The van der Waals surface area contributed by atoms with Crippen molar-refractivity contribution in [2.24, 2.45) is 22.2 Å². The second-order valence-corrected chi connectivity index (χ2v) is 5.38. The molecule has 1 saturated heterocycles. The summed E-state index contributed by atoms with van der Waals surface area (Å²) in [5.41, 5.74) is 4.87. The minimum absolute atomic E-state index is 0.00296. The number of nitrogens with zero attached hydrogens (tertiary/aromatic N) is 2. The van der Waals surface area contributed by atoms with Gasteiger partial charge in [-0.3, -0.25) is 4.79 Å². The Kier molecular flexibility index (Phi) is 5.60. The van der Waals surface area contributed by atoms with Gasteiger partial charge in [0.05, 0.1) is 0 Å². The number of amides is 1. The van der Waals surface area contributed by atoms with E-state index < -0.39 is 5.41 Å². The number of amidine groups is 1. The third-order valence-electron chi connectivity index (χ3n) is 3.98. The molecule has 0 aromatic rings. The highest BCUT2D eigenvalue weighted by Crippen LogP contribution is 2.33. The lowest BCUT2D eigenvalue weighted by molar-refractivity contribution is -0.141. The van der Waals surface area contributed by atoms with E-state index in [0.717, 1.165) is 6.42 Å². The smallest absolute Gasteiger partial charge is 0.236 e. The lowest BCUT2D eigenvalue weighted by atomic mass is 9.77. The summed E-state index contributed by atoms with van der Waals surface area (Å²) >= 11 is 0. The summed E-state index contributed by atoms with van der Waals surface area (Å²) in [6.45, 7) is 5.79. The molecule has 6 heteroatoms. The van der Waals surface area contributed by atoms with Crippen LogP contribution in [0.3, 0.4) is 0 Å². The molecule has 19 heavy (non-hydrogen) atoms. The number of carbonyl (C=O) groups is 1. The molecule has 0 bridgehead atoms. The van der Waals surface area contributed by atoms with E-state index >= 15 is 0 Å². The molecule has 1 atom stereocenters. The van der Waals surface area contributed by atoms with Gasteiger partial charge in [0.1, 0.15) is 5.41 Å². The normalized spacial score (nSPS) is 20.9. The van der Waals surface area contributed by atoms with Crippen LogP contribution in [0.2, 0.25) is 0 Å². The molecule has 0 aromatic carbocycles. The number of oxime groups is 1. The van der Waals surface area contributed by atoms with Crippen LogP contribution in [-0.2, 0) is 9.53 Å². The maximum absolute atomic E-state index is 12.7. The van der Waals surface area contributed by atoms with Crippen LogP contribution < -0.4 is 5.73 Å². The first-order chi connectivity index (χ1) is 8.97. The number of hydrogen-bond acceptors (Lipinski definition) is 4. The Bertz CT molecular complexity index is 338. The van der Waals surface area contributed by atoms with E-state index in [1.165, 1.54) is 0 Å². The average Bonchev–Trinajstić information content (AvgIpc) is 2.45. The quantitative estimate of drug-likeness (QED) is 0.338. The van der Waals surface area contributed by atoms with Crippen LogP contribution >= 0.6 is 0 Å². The van der Waals surface area contributed by atoms with E-state index in [1.54, 1.807) is 11.9 Å². The molecular formula is C13H25N3O3. The van der Waals surface area contributed by atoms with E-state index in [-0.39, 0.29) is 11.7 Å². The van der Waals surface area contributed by atoms with E-state index in [2.05, 4.69) is 19.0 Å². The Morgan fingerprint density at radius 3 is 2.58 bits per heavy atom. The zero-order valence-electron chi connectivity index (χ0n) is 12.1. The Labute approximate surface area is 114 Å². The van der Waals surface area contributed by atoms with Crippen molar-refractivity contribution in [1.29, 1.82) is 0 Å². The molecule has 1 aliphatic heterocycles. The van der Waals surface area contributed by atoms with Crippen LogP contribution in [0, 0.1) is 11.3 Å². The Hall–Kier alpha value is -1.30. The Morgan fingerprint density at radius 1 is 1.53 bits per heavy atom. The molecule has 0 spiro atoms. The molecule has 1 unspecified atom stereocenters. The fourth-order valence-electron chi connectivity index (χ4n) is 2.44. The van der Waals surface area contributed by atoms with E-state index in [9.17, 15) is 4.79 Å². The molecule has 110 valence electrons. The topological polar surface area (TPSA) is 88.2 Å². The molecular weight excluding hydrogens is 246 g/mol. The highest BCUT2D eigenvalue weighted by molar-refractivity contribution is 6.06. The van der Waals surface area contributed by atoms with Gasteiger partial charge in [-0.2, -0.15) is 0 Å². The molecule has 3 N–H and O–H groups in total. The molecule has 1 aliphatic rings. The Balaban J connectivity index is 2.89. The fourth-order valence-corrected chi connectivity index (χ4v) is 2.44. The van der Waals surface area contributed by atoms with Crippen LogP contribution in [0.25, 0.3) is 0 Å². The van der Waals surface area contributed by atoms with Crippen molar-refractivity contribution in [3.8, 4) is 0 Å². The van der Waals surface area contributed by atoms with Gasteiger partial charge in [0.25, 0.3) is 0 Å². The number of ether oxygens (including phenoxy) is 1. The highest BCUT2D eigenvalue weighted by Gasteiger charge is 2.46. The maximum Gasteiger partial charge on any atom is 0.236 e. The molecule has 0 aliphatic carbocycles. The molecule has 0 radical (unpaired) electrons. The predicted octanol–water partition coefficient (Wildman–Crippen LogP) is 1.03. The summed E-state index contributed by atoms with van der Waals surface area (Å²) in [5, 5.41) is 12.0. The van der Waals surface area contributed by atoms with Gasteiger partial charge in [0.2, 0.25) is 5.91 Å². The number of nitrogens with two attached hydrogens (primary N) is 1. The first-order valence-corrected chi connectivity index (χ1v) is 6.79. The van der Waals surface area contributed by atoms with E-state index in [1.807, 2.05) is 0 Å². The third-order valence-corrected chi connectivity index (χ3v) is 3.98. The zero-order valence-corrected chi connectivity index (χ0v) is 12.1. The van der Waals surface area contributed by atoms with Crippen molar-refractivity contribution in [2.75, 3.05) is 26.8 Å². The summed E-state index contributed by atoms with van der Waals surface area (Å²) < 4.78 is 5.29. The number of hydrogen-bond donors (Lipinski definition) is 2. The first kappa shape index (κ1) is 15.8. The fraction of sp³-hybridized carbons (Fsp3) is 0.846. The van der Waals surface area contributed by atoms with Crippen LogP contribution in [0.1, 0.15) is 33.1 Å². The van der Waals surface area contributed by atoms with Crippen LogP contribution in [0.15, 0.2) is 5.16 Å². The highest BCUT2D eigenvalue weighted by atomic mass is 16.5. The van der Waals surface area contributed by atoms with Crippen molar-refractivity contribution < 1.29 is 14.7 Å². The van der Waals surface area contributed by atoms with Crippen molar-refractivity contribution in [1.82, 2.24) is 4.90 Å². The van der Waals surface area contributed by atoms with Crippen molar-refractivity contribution >= 4 is 11.7 Å². The molecule has 0 aromatic heterocycles. The Morgan fingerprint density at radius 2 is 2.11 bits per heavy atom. The second kappa shape index (κ2) is 6.75. The molecule has 0 saturated carbocycles. The monoisotopic (exact) mass is 271 g/mol. The molecule has 6 nitrogen and oxygen atoms in total. The first-order valence-electron chi connectivity index (χ1n) is 6.79. The van der Waals surface area contributed by atoms with Crippen molar-refractivity contribution in [3.05, 3.63) is 0 Å². The van der Waals surface area contributed by atoms with Gasteiger partial charge in [0.15, 0.2) is 5.84 Å². The van der Waals surface area contributed by atoms with Gasteiger partial charge < -0.3 is 20.6 Å². The summed E-state index contributed by atoms with van der Waals surface area (Å²) in [6, 6.07) is 0. The lowest BCUT2D eigenvalue weighted by Gasteiger charge is -2.38. The third kappa shape index (κ3) is 3.37. The van der Waals surface area contributed by atoms with Crippen LogP contribution in [-0.4, -0.2) is 48.7 Å². The summed E-state index contributed by atoms with van der Waals surface area (Å²) in [4.78, 5) is 14.4. The SMILES string of the molecule is CCC(C)CN(C)C(=O)C1(C(N)=NO)CCOCC1. The predicted molar refractivity (Wildman–Crippen MR) is 73.0 cm³/mol. The van der Waals surface area contributed by atoms with Gasteiger partial charge in [-0.05, 0) is 18.8 Å². The summed E-state index contributed by atoms with van der Waals surface area (Å²) in [6.07, 6.45) is 1.94. The van der Waals surface area contributed by atoms with Gasteiger partial charge in [-0.1, -0.05) is 25.4 Å². The zero-order chi connectivity index (χ0) is 14.5. The summed E-state index contributed by atoms with van der Waals surface area (Å²) in [5.74, 6) is 0.348. The van der Waals surface area contributed by atoms with Crippen LogP contribution in [0.4, 0.5) is 0 Å². The van der Waals surface area contributed by atoms with Crippen molar-refractivity contribution in [3.63, 3.8) is 0 Å². The largest absolute Gasteiger partial charge is 0.409 e. The average molecular weight is 271 g/mol. The second-order valence-electron chi connectivity index (χ2n) is 5.38. The summed E-state index contributed by atoms with van der Waals surface area (Å²) in [7, 11) is 1.77. The minimum Gasteiger partial charge on any atom is -0.409 e. The van der Waals surface area contributed by atoms with E-state index in [0.29, 0.717) is 38.5 Å². The van der Waals surface area contributed by atoms with Crippen LogP contribution in [0.5, 0.6) is 0 Å².